The molecule has 0 heterocycles. The van der Waals surface area contributed by atoms with Crippen LogP contribution in [-0.2, 0) is 0 Å². The quantitative estimate of drug-likeness (QED) is 0.182. The van der Waals surface area contributed by atoms with E-state index in [1.165, 1.54) is 0 Å². The lowest BCUT2D eigenvalue weighted by Gasteiger charge is -2.10. The largest absolute Gasteiger partial charge is 0.494 e. The molecule has 0 bridgehead atoms. The van der Waals surface area contributed by atoms with Gasteiger partial charge in [0.1, 0.15) is 5.75 Å². The highest BCUT2D eigenvalue weighted by Crippen LogP contribution is 2.37. The molecule has 0 fully saturated rings. The first-order chi connectivity index (χ1) is 13.2. The lowest BCUT2D eigenvalue weighted by atomic mass is 10.1. The van der Waals surface area contributed by atoms with Crippen molar-refractivity contribution >= 4 is 16.5 Å². The second kappa shape index (κ2) is 11.0. The van der Waals surface area contributed by atoms with Gasteiger partial charge in [-0.25, -0.2) is 0 Å². The molecule has 144 valence electrons. The molecule has 0 amide bonds. The van der Waals surface area contributed by atoms with E-state index in [9.17, 15) is 10.1 Å². The molecule has 0 aliphatic carbocycles. The summed E-state index contributed by atoms with van der Waals surface area (Å²) in [5, 5.41) is 13.0. The highest BCUT2D eigenvalue weighted by molar-refractivity contribution is 5.94. The van der Waals surface area contributed by atoms with Crippen molar-refractivity contribution < 1.29 is 14.4 Å². The van der Waals surface area contributed by atoms with Crippen LogP contribution in [0.5, 0.6) is 11.5 Å². The summed E-state index contributed by atoms with van der Waals surface area (Å²) in [4.78, 5) is 11.3. The maximum Gasteiger partial charge on any atom is 0.318 e. The molecule has 0 N–H and O–H groups in total. The molecule has 0 aliphatic heterocycles. The topological polar surface area (TPSA) is 61.6 Å². The first kappa shape index (κ1) is 20.5. The van der Waals surface area contributed by atoms with Crippen molar-refractivity contribution in [2.45, 2.75) is 38.5 Å². The van der Waals surface area contributed by atoms with Crippen molar-refractivity contribution in [3.8, 4) is 11.5 Å². The van der Waals surface area contributed by atoms with E-state index in [0.717, 1.165) is 43.9 Å². The SMILES string of the molecule is C=CCCCCOc1ccc2ccc(OCCCCC=C)c([N+](=O)[O-])c2c1. The Morgan fingerprint density at radius 3 is 2.19 bits per heavy atom. The summed E-state index contributed by atoms with van der Waals surface area (Å²) in [5.74, 6) is 0.932. The molecule has 0 saturated heterocycles. The highest BCUT2D eigenvalue weighted by atomic mass is 16.6. The lowest BCUT2D eigenvalue weighted by Crippen LogP contribution is -2.02. The zero-order chi connectivity index (χ0) is 19.5. The summed E-state index contributed by atoms with van der Waals surface area (Å²) >= 11 is 0. The van der Waals surface area contributed by atoms with Crippen LogP contribution < -0.4 is 9.47 Å². The van der Waals surface area contributed by atoms with E-state index < -0.39 is 0 Å². The van der Waals surface area contributed by atoms with Gasteiger partial charge in [0.25, 0.3) is 0 Å². The number of hydrogen-bond donors (Lipinski definition) is 0. The zero-order valence-electron chi connectivity index (χ0n) is 15.7. The minimum Gasteiger partial charge on any atom is -0.494 e. The molecule has 0 unspecified atom stereocenters. The molecule has 2 aromatic carbocycles. The van der Waals surface area contributed by atoms with Gasteiger partial charge in [-0.05, 0) is 62.1 Å². The van der Waals surface area contributed by atoms with Crippen LogP contribution in [0.15, 0.2) is 55.6 Å². The van der Waals surface area contributed by atoms with E-state index in [1.807, 2.05) is 30.4 Å². The molecule has 0 aliphatic rings. The number of nitro groups is 1. The van der Waals surface area contributed by atoms with E-state index in [1.54, 1.807) is 12.1 Å². The van der Waals surface area contributed by atoms with Crippen molar-refractivity contribution in [3.05, 3.63) is 65.8 Å². The molecule has 5 heteroatoms. The minimum atomic E-state index is -0.380. The van der Waals surface area contributed by atoms with E-state index in [4.69, 9.17) is 9.47 Å². The Hall–Kier alpha value is -2.82. The first-order valence-electron chi connectivity index (χ1n) is 9.36. The number of unbranched alkanes of at least 4 members (excludes halogenated alkanes) is 4. The van der Waals surface area contributed by atoms with Crippen molar-refractivity contribution in [1.29, 1.82) is 0 Å². The third-order valence-corrected chi connectivity index (χ3v) is 4.24. The van der Waals surface area contributed by atoms with Crippen molar-refractivity contribution in [2.75, 3.05) is 13.2 Å². The molecule has 2 rings (SSSR count). The summed E-state index contributed by atoms with van der Waals surface area (Å²) in [6.45, 7) is 8.41. The third kappa shape index (κ3) is 6.13. The van der Waals surface area contributed by atoms with Gasteiger partial charge in [0.05, 0.1) is 23.5 Å². The number of allylic oxidation sites excluding steroid dienone is 2. The number of ether oxygens (including phenoxy) is 2. The van der Waals surface area contributed by atoms with Crippen molar-refractivity contribution in [3.63, 3.8) is 0 Å². The summed E-state index contributed by atoms with van der Waals surface area (Å²) in [6.07, 6.45) is 9.33. The van der Waals surface area contributed by atoms with Gasteiger partial charge in [-0.15, -0.1) is 13.2 Å². The second-order valence-corrected chi connectivity index (χ2v) is 6.32. The molecule has 0 atom stereocenters. The molecule has 27 heavy (non-hydrogen) atoms. The van der Waals surface area contributed by atoms with Crippen LogP contribution in [0.3, 0.4) is 0 Å². The monoisotopic (exact) mass is 369 g/mol. The number of benzene rings is 2. The van der Waals surface area contributed by atoms with Gasteiger partial charge in [0.2, 0.25) is 0 Å². The fourth-order valence-electron chi connectivity index (χ4n) is 2.81. The fourth-order valence-corrected chi connectivity index (χ4v) is 2.81. The van der Waals surface area contributed by atoms with E-state index in [-0.39, 0.29) is 10.6 Å². The van der Waals surface area contributed by atoms with Crippen LogP contribution in [0.25, 0.3) is 10.8 Å². The van der Waals surface area contributed by atoms with Crippen molar-refractivity contribution in [2.24, 2.45) is 0 Å². The van der Waals surface area contributed by atoms with Gasteiger partial charge in [-0.3, -0.25) is 10.1 Å². The minimum absolute atomic E-state index is 0.00618. The van der Waals surface area contributed by atoms with Crippen LogP contribution in [-0.4, -0.2) is 18.1 Å². The second-order valence-electron chi connectivity index (χ2n) is 6.32. The van der Waals surface area contributed by atoms with Gasteiger partial charge in [-0.2, -0.15) is 0 Å². The van der Waals surface area contributed by atoms with E-state index in [2.05, 4.69) is 13.2 Å². The van der Waals surface area contributed by atoms with Crippen LogP contribution in [0.2, 0.25) is 0 Å². The normalized spacial score (nSPS) is 10.5. The standard InChI is InChI=1S/C22H27NO4/c1-3-5-7-9-15-26-19-13-11-18-12-14-21(27-16-10-8-6-4-2)22(23(24)25)20(18)17-19/h3-4,11-14,17H,1-2,5-10,15-16H2. The van der Waals surface area contributed by atoms with Crippen LogP contribution in [0, 0.1) is 10.1 Å². The Kier molecular flexibility index (Phi) is 8.36. The Labute approximate surface area is 160 Å². The summed E-state index contributed by atoms with van der Waals surface area (Å²) < 4.78 is 11.4. The molecule has 0 aromatic heterocycles. The van der Waals surface area contributed by atoms with Gasteiger partial charge in [-0.1, -0.05) is 24.3 Å². The number of fused-ring (bicyclic) bond motifs is 1. The molecule has 0 saturated carbocycles. The first-order valence-corrected chi connectivity index (χ1v) is 9.36. The van der Waals surface area contributed by atoms with Gasteiger partial charge in [0.15, 0.2) is 5.75 Å². The van der Waals surface area contributed by atoms with E-state index >= 15 is 0 Å². The predicted molar refractivity (Wildman–Crippen MR) is 110 cm³/mol. The Morgan fingerprint density at radius 1 is 0.926 bits per heavy atom. The van der Waals surface area contributed by atoms with Crippen LogP contribution in [0.1, 0.15) is 38.5 Å². The molecule has 5 nitrogen and oxygen atoms in total. The smallest absolute Gasteiger partial charge is 0.318 e. The average Bonchev–Trinajstić information content (AvgIpc) is 2.67. The maximum absolute atomic E-state index is 11.7. The van der Waals surface area contributed by atoms with E-state index in [0.29, 0.717) is 30.1 Å². The Bertz CT molecular complexity index is 780. The van der Waals surface area contributed by atoms with Gasteiger partial charge < -0.3 is 9.47 Å². The van der Waals surface area contributed by atoms with Gasteiger partial charge >= 0.3 is 5.69 Å². The number of rotatable bonds is 13. The Balaban J connectivity index is 2.15. The third-order valence-electron chi connectivity index (χ3n) is 4.24. The summed E-state index contributed by atoms with van der Waals surface area (Å²) in [5.41, 5.74) is -0.00618. The molecular formula is C22H27NO4. The van der Waals surface area contributed by atoms with Gasteiger partial charge in [0, 0.05) is 0 Å². The number of nitro benzene ring substituents is 1. The molecular weight excluding hydrogens is 342 g/mol. The maximum atomic E-state index is 11.7. The Morgan fingerprint density at radius 2 is 1.56 bits per heavy atom. The van der Waals surface area contributed by atoms with Crippen molar-refractivity contribution in [1.82, 2.24) is 0 Å². The highest BCUT2D eigenvalue weighted by Gasteiger charge is 2.20. The van der Waals surface area contributed by atoms with Crippen LogP contribution in [0.4, 0.5) is 5.69 Å². The zero-order valence-corrected chi connectivity index (χ0v) is 15.7. The summed E-state index contributed by atoms with van der Waals surface area (Å²) in [6, 6.07) is 8.93. The molecule has 2 aromatic rings. The predicted octanol–water partition coefficient (Wildman–Crippen LogP) is 6.22. The van der Waals surface area contributed by atoms with Crippen LogP contribution >= 0.6 is 0 Å². The fraction of sp³-hybridized carbons (Fsp3) is 0.364. The summed E-state index contributed by atoms with van der Waals surface area (Å²) in [7, 11) is 0. The molecule has 0 spiro atoms. The lowest BCUT2D eigenvalue weighted by molar-refractivity contribution is -0.384. The average molecular weight is 369 g/mol. The number of hydrogen-bond acceptors (Lipinski definition) is 4. The number of nitrogens with zero attached hydrogens (tertiary/aromatic N) is 1. The molecule has 0 radical (unpaired) electrons.